The molecule has 0 aromatic carbocycles. The fraction of sp³-hybridized carbons (Fsp3) is 0.600. The normalized spacial score (nSPS) is 20.3. The van der Waals surface area contributed by atoms with Crippen LogP contribution in [0.25, 0.3) is 0 Å². The minimum Gasteiger partial charge on any atom is -0.358 e. The number of nitrogens with zero attached hydrogens (tertiary/aromatic N) is 1. The van der Waals surface area contributed by atoms with Gasteiger partial charge in [-0.1, -0.05) is 0 Å². The number of rotatable bonds is 1. The molecule has 0 amide bonds. The summed E-state index contributed by atoms with van der Waals surface area (Å²) in [6.45, 7) is 3.09. The Morgan fingerprint density at radius 2 is 2.57 bits per heavy atom. The van der Waals surface area contributed by atoms with Crippen molar-refractivity contribution in [2.24, 2.45) is 0 Å². The van der Waals surface area contributed by atoms with E-state index < -0.39 is 0 Å². The first-order valence-corrected chi connectivity index (χ1v) is 2.53. The molecule has 0 saturated carbocycles. The van der Waals surface area contributed by atoms with Gasteiger partial charge in [0.15, 0.2) is 0 Å². The summed E-state index contributed by atoms with van der Waals surface area (Å²) in [7, 11) is 0. The van der Waals surface area contributed by atoms with Crippen molar-refractivity contribution in [1.29, 1.82) is 5.41 Å². The molecule has 1 fully saturated rings. The Balaban J connectivity index is 2.26. The molecule has 7 heavy (non-hydrogen) atoms. The van der Waals surface area contributed by atoms with Gasteiger partial charge >= 0.3 is 0 Å². The van der Waals surface area contributed by atoms with Crippen LogP contribution in [-0.2, 0) is 0 Å². The third-order valence-corrected chi connectivity index (χ3v) is 1.15. The van der Waals surface area contributed by atoms with Gasteiger partial charge in [-0.05, 0) is 12.8 Å². The zero-order valence-electron chi connectivity index (χ0n) is 4.22. The van der Waals surface area contributed by atoms with Crippen molar-refractivity contribution >= 4 is 6.34 Å². The SMILES string of the molecule is N=CN1[CH]CCC1. The predicted octanol–water partition coefficient (Wildman–Crippen LogP) is 0.851. The zero-order chi connectivity index (χ0) is 5.11. The molecule has 0 aliphatic carbocycles. The van der Waals surface area contributed by atoms with E-state index in [2.05, 4.69) is 0 Å². The van der Waals surface area contributed by atoms with Crippen LogP contribution in [0.4, 0.5) is 0 Å². The molecule has 2 heteroatoms. The van der Waals surface area contributed by atoms with Gasteiger partial charge in [-0.25, -0.2) is 0 Å². The fourth-order valence-electron chi connectivity index (χ4n) is 0.740. The van der Waals surface area contributed by atoms with Crippen LogP contribution in [0.2, 0.25) is 0 Å². The van der Waals surface area contributed by atoms with Crippen LogP contribution >= 0.6 is 0 Å². The van der Waals surface area contributed by atoms with Crippen LogP contribution in [0.15, 0.2) is 0 Å². The lowest BCUT2D eigenvalue weighted by Gasteiger charge is -2.04. The zero-order valence-corrected chi connectivity index (χ0v) is 4.22. The molecule has 1 heterocycles. The summed E-state index contributed by atoms with van der Waals surface area (Å²) in [4.78, 5) is 1.90. The quantitative estimate of drug-likeness (QED) is 0.381. The number of likely N-dealkylation sites (tertiary alicyclic amines) is 1. The number of nitrogens with one attached hydrogen (secondary N) is 1. The van der Waals surface area contributed by atoms with Crippen molar-refractivity contribution in [1.82, 2.24) is 4.90 Å². The Morgan fingerprint density at radius 3 is 2.86 bits per heavy atom. The molecule has 0 spiro atoms. The van der Waals surface area contributed by atoms with Gasteiger partial charge in [0.2, 0.25) is 0 Å². The number of hydrogen-bond acceptors (Lipinski definition) is 1. The molecule has 1 aliphatic rings. The number of hydrogen-bond donors (Lipinski definition) is 1. The molecule has 1 aliphatic heterocycles. The first kappa shape index (κ1) is 4.62. The molecule has 0 unspecified atom stereocenters. The largest absolute Gasteiger partial charge is 0.358 e. The third kappa shape index (κ3) is 0.918. The van der Waals surface area contributed by atoms with E-state index in [4.69, 9.17) is 5.41 Å². The van der Waals surface area contributed by atoms with Crippen molar-refractivity contribution in [3.8, 4) is 0 Å². The van der Waals surface area contributed by atoms with E-state index in [1.54, 1.807) is 0 Å². The Hall–Kier alpha value is -0.530. The minimum absolute atomic E-state index is 1.05. The second-order valence-corrected chi connectivity index (χ2v) is 1.69. The average Bonchev–Trinajstić information content (AvgIpc) is 2.14. The van der Waals surface area contributed by atoms with Gasteiger partial charge < -0.3 is 4.90 Å². The Morgan fingerprint density at radius 1 is 1.71 bits per heavy atom. The molecule has 2 nitrogen and oxygen atoms in total. The van der Waals surface area contributed by atoms with Crippen molar-refractivity contribution < 1.29 is 0 Å². The van der Waals surface area contributed by atoms with E-state index >= 15 is 0 Å². The van der Waals surface area contributed by atoms with Gasteiger partial charge in [-0.3, -0.25) is 5.41 Å². The third-order valence-electron chi connectivity index (χ3n) is 1.15. The van der Waals surface area contributed by atoms with Crippen molar-refractivity contribution in [2.45, 2.75) is 12.8 Å². The Kier molecular flexibility index (Phi) is 1.29. The maximum Gasteiger partial charge on any atom is 0.0820 e. The first-order valence-electron chi connectivity index (χ1n) is 2.53. The minimum atomic E-state index is 1.05. The lowest BCUT2D eigenvalue weighted by Crippen LogP contribution is -2.11. The molecule has 1 N–H and O–H groups in total. The summed E-state index contributed by atoms with van der Waals surface area (Å²) in [5.74, 6) is 0. The molecule has 0 bridgehead atoms. The van der Waals surface area contributed by atoms with Gasteiger partial charge in [0.25, 0.3) is 0 Å². The van der Waals surface area contributed by atoms with E-state index in [0.717, 1.165) is 13.0 Å². The van der Waals surface area contributed by atoms with Crippen molar-refractivity contribution in [3.05, 3.63) is 6.54 Å². The Labute approximate surface area is 43.6 Å². The van der Waals surface area contributed by atoms with Gasteiger partial charge in [-0.2, -0.15) is 0 Å². The predicted molar refractivity (Wildman–Crippen MR) is 29.0 cm³/mol. The maximum atomic E-state index is 6.77. The summed E-state index contributed by atoms with van der Waals surface area (Å²) < 4.78 is 0. The molecule has 39 valence electrons. The summed E-state index contributed by atoms with van der Waals surface area (Å²) in [6, 6.07) is 0. The monoisotopic (exact) mass is 97.1 g/mol. The van der Waals surface area contributed by atoms with Gasteiger partial charge in [0.05, 0.1) is 12.9 Å². The molecule has 0 aromatic heterocycles. The van der Waals surface area contributed by atoms with Crippen LogP contribution in [0, 0.1) is 12.0 Å². The smallest absolute Gasteiger partial charge is 0.0820 e. The summed E-state index contributed by atoms with van der Waals surface area (Å²) >= 11 is 0. The highest BCUT2D eigenvalue weighted by atomic mass is 15.1. The molecular weight excluding hydrogens is 88.1 g/mol. The molecule has 1 saturated heterocycles. The van der Waals surface area contributed by atoms with E-state index in [9.17, 15) is 0 Å². The highest BCUT2D eigenvalue weighted by Crippen LogP contribution is 2.08. The molecular formula is C5H9N2. The lowest BCUT2D eigenvalue weighted by molar-refractivity contribution is 0.595. The summed E-state index contributed by atoms with van der Waals surface area (Å²) in [5.41, 5.74) is 0. The van der Waals surface area contributed by atoms with Gasteiger partial charge in [0.1, 0.15) is 0 Å². The highest BCUT2D eigenvalue weighted by molar-refractivity contribution is 5.52. The lowest BCUT2D eigenvalue weighted by atomic mass is 10.4. The van der Waals surface area contributed by atoms with E-state index in [1.165, 1.54) is 12.8 Å². The second-order valence-electron chi connectivity index (χ2n) is 1.69. The van der Waals surface area contributed by atoms with E-state index in [-0.39, 0.29) is 0 Å². The summed E-state index contributed by atoms with van der Waals surface area (Å²) in [6.07, 6.45) is 3.73. The van der Waals surface area contributed by atoms with Gasteiger partial charge in [0, 0.05) is 6.54 Å². The van der Waals surface area contributed by atoms with Gasteiger partial charge in [-0.15, -0.1) is 0 Å². The average molecular weight is 97.1 g/mol. The molecule has 0 atom stereocenters. The van der Waals surface area contributed by atoms with Crippen LogP contribution < -0.4 is 0 Å². The fourth-order valence-corrected chi connectivity index (χ4v) is 0.740. The van der Waals surface area contributed by atoms with Crippen LogP contribution in [-0.4, -0.2) is 17.8 Å². The van der Waals surface area contributed by atoms with Crippen molar-refractivity contribution in [2.75, 3.05) is 6.54 Å². The summed E-state index contributed by atoms with van der Waals surface area (Å²) in [5, 5.41) is 6.77. The molecule has 0 aromatic rings. The van der Waals surface area contributed by atoms with Crippen LogP contribution in [0.3, 0.4) is 0 Å². The Bertz CT molecular complexity index is 64.5. The van der Waals surface area contributed by atoms with Crippen molar-refractivity contribution in [3.63, 3.8) is 0 Å². The standard InChI is InChI=1S/C5H9N2/c6-5-7-3-1-2-4-7/h3,5-6H,1-2,4H2. The van der Waals surface area contributed by atoms with Crippen LogP contribution in [0.1, 0.15) is 12.8 Å². The van der Waals surface area contributed by atoms with E-state index in [1.807, 2.05) is 11.4 Å². The molecule has 1 radical (unpaired) electrons. The second kappa shape index (κ2) is 1.96. The molecule has 1 rings (SSSR count). The van der Waals surface area contributed by atoms with Crippen LogP contribution in [0.5, 0.6) is 0 Å². The highest BCUT2D eigenvalue weighted by Gasteiger charge is 2.05. The maximum absolute atomic E-state index is 6.77. The topological polar surface area (TPSA) is 27.1 Å². The first-order chi connectivity index (χ1) is 3.43. The van der Waals surface area contributed by atoms with E-state index in [0.29, 0.717) is 0 Å².